The smallest absolute Gasteiger partial charge is 0.222 e. The molecule has 6 nitrogen and oxygen atoms in total. The van der Waals surface area contributed by atoms with Crippen molar-refractivity contribution in [3.63, 3.8) is 0 Å². The Balaban J connectivity index is -0.000000434. The summed E-state index contributed by atoms with van der Waals surface area (Å²) >= 11 is 0. The Morgan fingerprint density at radius 1 is 1.18 bits per heavy atom. The van der Waals surface area contributed by atoms with Crippen LogP contribution in [0.25, 0.3) is 0 Å². The number of carbonyl (C=O) groups is 2. The number of nitrogens with two attached hydrogens (primary N) is 1. The Hall–Kier alpha value is -1.14. The monoisotopic (exact) mass is 319 g/mol. The van der Waals surface area contributed by atoms with E-state index in [0.29, 0.717) is 19.6 Å². The molecule has 6 heteroatoms. The van der Waals surface area contributed by atoms with Crippen LogP contribution in [0.2, 0.25) is 0 Å². The number of ether oxygens (including phenoxy) is 1. The summed E-state index contributed by atoms with van der Waals surface area (Å²) < 4.78 is 5.22. The number of rotatable bonds is 8. The van der Waals surface area contributed by atoms with Crippen LogP contribution in [0.5, 0.6) is 0 Å². The van der Waals surface area contributed by atoms with E-state index < -0.39 is 0 Å². The van der Waals surface area contributed by atoms with E-state index in [1.54, 1.807) is 7.05 Å². The molecule has 0 aliphatic rings. The predicted octanol–water partition coefficient (Wildman–Crippen LogP) is 1.83. The standard InChI is InChI=1S/C11H24N2O2.C3H7NO.C2H6/c1-4-7-15-8-6-10(14)13-9-11(3,12)5-2;1-3(5)4-2;1-2/h4-9,12H2,1-3H3,(H,13,14);1-2H3,(H,4,5);1-2H3. The minimum atomic E-state index is -0.306. The fourth-order valence-electron chi connectivity index (χ4n) is 0.925. The van der Waals surface area contributed by atoms with Crippen LogP contribution in [0.15, 0.2) is 0 Å². The van der Waals surface area contributed by atoms with Crippen molar-refractivity contribution in [3.05, 3.63) is 0 Å². The number of hydrogen-bond acceptors (Lipinski definition) is 4. The van der Waals surface area contributed by atoms with E-state index in [9.17, 15) is 9.59 Å². The van der Waals surface area contributed by atoms with Crippen molar-refractivity contribution >= 4 is 11.8 Å². The molecule has 4 N–H and O–H groups in total. The van der Waals surface area contributed by atoms with Gasteiger partial charge in [0.05, 0.1) is 6.61 Å². The second kappa shape index (κ2) is 17.9. The van der Waals surface area contributed by atoms with Gasteiger partial charge in [-0.2, -0.15) is 0 Å². The molecule has 0 rings (SSSR count). The maximum Gasteiger partial charge on any atom is 0.222 e. The Labute approximate surface area is 136 Å². The van der Waals surface area contributed by atoms with Crippen LogP contribution in [0, 0.1) is 0 Å². The van der Waals surface area contributed by atoms with Crippen molar-refractivity contribution in [2.45, 2.75) is 66.3 Å². The van der Waals surface area contributed by atoms with Gasteiger partial charge < -0.3 is 21.1 Å². The van der Waals surface area contributed by atoms with E-state index in [4.69, 9.17) is 10.5 Å². The Morgan fingerprint density at radius 2 is 1.68 bits per heavy atom. The molecule has 1 atom stereocenters. The summed E-state index contributed by atoms with van der Waals surface area (Å²) in [4.78, 5) is 21.0. The maximum absolute atomic E-state index is 11.3. The largest absolute Gasteiger partial charge is 0.381 e. The number of nitrogens with one attached hydrogen (secondary N) is 2. The van der Waals surface area contributed by atoms with Crippen molar-refractivity contribution < 1.29 is 14.3 Å². The van der Waals surface area contributed by atoms with Gasteiger partial charge in [0.15, 0.2) is 0 Å². The molecule has 1 unspecified atom stereocenters. The van der Waals surface area contributed by atoms with Crippen LogP contribution < -0.4 is 16.4 Å². The van der Waals surface area contributed by atoms with E-state index in [0.717, 1.165) is 19.4 Å². The third-order valence-corrected chi connectivity index (χ3v) is 2.67. The summed E-state index contributed by atoms with van der Waals surface area (Å²) in [5.41, 5.74) is 5.59. The zero-order chi connectivity index (χ0) is 18.0. The van der Waals surface area contributed by atoms with Gasteiger partial charge in [-0.05, 0) is 19.8 Å². The zero-order valence-corrected chi connectivity index (χ0v) is 15.5. The van der Waals surface area contributed by atoms with E-state index in [1.807, 2.05) is 34.6 Å². The highest BCUT2D eigenvalue weighted by atomic mass is 16.5. The Bertz CT molecular complexity index is 269. The molecule has 2 amide bonds. The van der Waals surface area contributed by atoms with Crippen LogP contribution in [0.4, 0.5) is 0 Å². The molecule has 0 heterocycles. The summed E-state index contributed by atoms with van der Waals surface area (Å²) in [7, 11) is 1.60. The van der Waals surface area contributed by atoms with Crippen LogP contribution >= 0.6 is 0 Å². The Morgan fingerprint density at radius 3 is 2.05 bits per heavy atom. The summed E-state index contributed by atoms with van der Waals surface area (Å²) in [6.45, 7) is 13.2. The van der Waals surface area contributed by atoms with Gasteiger partial charge in [-0.15, -0.1) is 0 Å². The third-order valence-electron chi connectivity index (χ3n) is 2.67. The lowest BCUT2D eigenvalue weighted by atomic mass is 10.0. The second-order valence-corrected chi connectivity index (χ2v) is 4.95. The lowest BCUT2D eigenvalue weighted by Crippen LogP contribution is -2.47. The molecule has 0 spiro atoms. The van der Waals surface area contributed by atoms with Gasteiger partial charge in [0, 0.05) is 39.1 Å². The lowest BCUT2D eigenvalue weighted by Gasteiger charge is -2.22. The van der Waals surface area contributed by atoms with Gasteiger partial charge >= 0.3 is 0 Å². The number of amides is 2. The van der Waals surface area contributed by atoms with Crippen molar-refractivity contribution in [3.8, 4) is 0 Å². The molecule has 134 valence electrons. The van der Waals surface area contributed by atoms with Gasteiger partial charge in [0.1, 0.15) is 0 Å². The fraction of sp³-hybridized carbons (Fsp3) is 0.875. The van der Waals surface area contributed by atoms with Crippen LogP contribution in [-0.4, -0.2) is 44.2 Å². The fourth-order valence-corrected chi connectivity index (χ4v) is 0.925. The minimum Gasteiger partial charge on any atom is -0.381 e. The molecule has 0 saturated carbocycles. The second-order valence-electron chi connectivity index (χ2n) is 4.95. The van der Waals surface area contributed by atoms with Crippen molar-refractivity contribution in [2.24, 2.45) is 5.73 Å². The zero-order valence-electron chi connectivity index (χ0n) is 15.5. The molecule has 0 aliphatic carbocycles. The molecule has 0 aliphatic heterocycles. The molecule has 0 aromatic rings. The van der Waals surface area contributed by atoms with E-state index in [-0.39, 0.29) is 17.4 Å². The molecule has 0 radical (unpaired) electrons. The van der Waals surface area contributed by atoms with Crippen molar-refractivity contribution in [1.29, 1.82) is 0 Å². The third kappa shape index (κ3) is 23.9. The molecular weight excluding hydrogens is 282 g/mol. The van der Waals surface area contributed by atoms with Gasteiger partial charge in [-0.1, -0.05) is 27.7 Å². The van der Waals surface area contributed by atoms with Gasteiger partial charge in [-0.3, -0.25) is 9.59 Å². The van der Waals surface area contributed by atoms with Gasteiger partial charge in [-0.25, -0.2) is 0 Å². The van der Waals surface area contributed by atoms with E-state index >= 15 is 0 Å². The summed E-state index contributed by atoms with van der Waals surface area (Å²) in [6, 6.07) is 0. The summed E-state index contributed by atoms with van der Waals surface area (Å²) in [5, 5.41) is 5.20. The summed E-state index contributed by atoms with van der Waals surface area (Å²) in [5.74, 6) is 0.0150. The van der Waals surface area contributed by atoms with Crippen LogP contribution in [0.3, 0.4) is 0 Å². The first-order chi connectivity index (χ1) is 10.3. The van der Waals surface area contributed by atoms with Crippen molar-refractivity contribution in [1.82, 2.24) is 10.6 Å². The maximum atomic E-state index is 11.3. The Kier molecular flexibility index (Phi) is 21.0. The molecule has 0 saturated heterocycles. The topological polar surface area (TPSA) is 93.4 Å². The van der Waals surface area contributed by atoms with E-state index in [1.165, 1.54) is 6.92 Å². The first kappa shape index (κ1) is 25.8. The van der Waals surface area contributed by atoms with Crippen LogP contribution in [-0.2, 0) is 14.3 Å². The van der Waals surface area contributed by atoms with Crippen molar-refractivity contribution in [2.75, 3.05) is 26.8 Å². The number of hydrogen-bond donors (Lipinski definition) is 3. The van der Waals surface area contributed by atoms with Crippen LogP contribution in [0.1, 0.15) is 60.8 Å². The van der Waals surface area contributed by atoms with E-state index in [2.05, 4.69) is 10.6 Å². The molecule has 22 heavy (non-hydrogen) atoms. The molecular formula is C16H37N3O3. The van der Waals surface area contributed by atoms with Gasteiger partial charge in [0.2, 0.25) is 11.8 Å². The molecule has 0 bridgehead atoms. The lowest BCUT2D eigenvalue weighted by molar-refractivity contribution is -0.122. The molecule has 0 aromatic carbocycles. The molecule has 0 fully saturated rings. The van der Waals surface area contributed by atoms with Gasteiger partial charge in [0.25, 0.3) is 0 Å². The predicted molar refractivity (Wildman–Crippen MR) is 92.7 cm³/mol. The number of carbonyl (C=O) groups excluding carboxylic acids is 2. The first-order valence-corrected chi connectivity index (χ1v) is 8.10. The normalized spacial score (nSPS) is 11.8. The summed E-state index contributed by atoms with van der Waals surface area (Å²) in [6.07, 6.45) is 2.25. The highest BCUT2D eigenvalue weighted by molar-refractivity contribution is 5.76. The average Bonchev–Trinajstić information content (AvgIpc) is 2.52. The highest BCUT2D eigenvalue weighted by Crippen LogP contribution is 2.01. The SMILES string of the molecule is CC.CCCOCCC(=O)NCC(C)(N)CC.CNC(C)=O. The average molecular weight is 319 g/mol. The first-order valence-electron chi connectivity index (χ1n) is 8.10. The minimum absolute atomic E-state index is 0.00463. The highest BCUT2D eigenvalue weighted by Gasteiger charge is 2.16. The quantitative estimate of drug-likeness (QED) is 0.595. The molecule has 0 aromatic heterocycles.